The predicted octanol–water partition coefficient (Wildman–Crippen LogP) is 1.16. The summed E-state index contributed by atoms with van der Waals surface area (Å²) in [6.07, 6.45) is 5.55. The van der Waals surface area contributed by atoms with Gasteiger partial charge in [-0.15, -0.1) is 0 Å². The topological polar surface area (TPSA) is 18.5 Å². The van der Waals surface area contributed by atoms with Crippen LogP contribution in [0, 0.1) is 0 Å². The normalized spacial score (nSPS) is 27.9. The molecule has 0 bridgehead atoms. The molecule has 2 aliphatic rings. The van der Waals surface area contributed by atoms with Crippen molar-refractivity contribution in [2.24, 2.45) is 0 Å². The van der Waals surface area contributed by atoms with Crippen LogP contribution >= 0.6 is 0 Å². The first kappa shape index (κ1) is 12.3. The third-order valence-electron chi connectivity index (χ3n) is 3.91. The Kier molecular flexibility index (Phi) is 5.07. The van der Waals surface area contributed by atoms with E-state index in [1.54, 1.807) is 0 Å². The maximum atomic E-state index is 3.55. The van der Waals surface area contributed by atoms with E-state index in [1.807, 2.05) is 0 Å². The second-order valence-corrected chi connectivity index (χ2v) is 5.25. The van der Waals surface area contributed by atoms with Crippen LogP contribution in [-0.4, -0.2) is 61.7 Å². The standard InChI is InChI=1S/C13H27N3/c1-2-14-13-6-11-16(12-13)10-5-9-15-7-3-4-8-15/h13-14H,2-12H2,1H3. The number of likely N-dealkylation sites (tertiary alicyclic amines) is 2. The average Bonchev–Trinajstić information content (AvgIpc) is 2.90. The molecule has 2 fully saturated rings. The van der Waals surface area contributed by atoms with Crippen molar-refractivity contribution < 1.29 is 0 Å². The molecule has 0 aliphatic carbocycles. The third-order valence-corrected chi connectivity index (χ3v) is 3.91. The van der Waals surface area contributed by atoms with Gasteiger partial charge < -0.3 is 15.1 Å². The zero-order chi connectivity index (χ0) is 11.2. The lowest BCUT2D eigenvalue weighted by Gasteiger charge is -2.19. The summed E-state index contributed by atoms with van der Waals surface area (Å²) in [6, 6.07) is 0.761. The zero-order valence-electron chi connectivity index (χ0n) is 10.7. The summed E-state index contributed by atoms with van der Waals surface area (Å²) in [4.78, 5) is 5.25. The molecule has 1 unspecified atom stereocenters. The molecule has 0 radical (unpaired) electrons. The monoisotopic (exact) mass is 225 g/mol. The summed E-state index contributed by atoms with van der Waals surface area (Å²) in [6.45, 7) is 11.2. The molecule has 0 saturated carbocycles. The molecule has 16 heavy (non-hydrogen) atoms. The molecule has 2 heterocycles. The van der Waals surface area contributed by atoms with E-state index < -0.39 is 0 Å². The van der Waals surface area contributed by atoms with Gasteiger partial charge in [0, 0.05) is 12.6 Å². The van der Waals surface area contributed by atoms with Gasteiger partial charge in [0.05, 0.1) is 0 Å². The minimum Gasteiger partial charge on any atom is -0.313 e. The lowest BCUT2D eigenvalue weighted by Crippen LogP contribution is -2.33. The number of likely N-dealkylation sites (N-methyl/N-ethyl adjacent to an activating group) is 1. The number of hydrogen-bond acceptors (Lipinski definition) is 3. The van der Waals surface area contributed by atoms with Crippen LogP contribution < -0.4 is 5.32 Å². The first-order valence-electron chi connectivity index (χ1n) is 7.06. The van der Waals surface area contributed by atoms with E-state index in [9.17, 15) is 0 Å². The van der Waals surface area contributed by atoms with Crippen LogP contribution in [0.5, 0.6) is 0 Å². The van der Waals surface area contributed by atoms with E-state index in [0.717, 1.165) is 12.6 Å². The lowest BCUT2D eigenvalue weighted by molar-refractivity contribution is 0.276. The van der Waals surface area contributed by atoms with Crippen molar-refractivity contribution in [3.05, 3.63) is 0 Å². The minimum atomic E-state index is 0.761. The van der Waals surface area contributed by atoms with Crippen molar-refractivity contribution >= 4 is 0 Å². The van der Waals surface area contributed by atoms with E-state index in [-0.39, 0.29) is 0 Å². The van der Waals surface area contributed by atoms with Crippen molar-refractivity contribution in [2.45, 2.75) is 38.6 Å². The summed E-state index contributed by atoms with van der Waals surface area (Å²) >= 11 is 0. The Balaban J connectivity index is 1.53. The van der Waals surface area contributed by atoms with Crippen LogP contribution in [0.4, 0.5) is 0 Å². The van der Waals surface area contributed by atoms with Gasteiger partial charge in [-0.25, -0.2) is 0 Å². The fourth-order valence-corrected chi connectivity index (χ4v) is 3.02. The van der Waals surface area contributed by atoms with Crippen LogP contribution in [0.2, 0.25) is 0 Å². The van der Waals surface area contributed by atoms with Crippen molar-refractivity contribution in [1.82, 2.24) is 15.1 Å². The quantitative estimate of drug-likeness (QED) is 0.732. The highest BCUT2D eigenvalue weighted by Gasteiger charge is 2.21. The molecular weight excluding hydrogens is 198 g/mol. The van der Waals surface area contributed by atoms with Crippen LogP contribution in [0.15, 0.2) is 0 Å². The van der Waals surface area contributed by atoms with Crippen molar-refractivity contribution in [2.75, 3.05) is 45.8 Å². The van der Waals surface area contributed by atoms with Crippen molar-refractivity contribution in [3.63, 3.8) is 0 Å². The molecule has 0 aromatic rings. The molecule has 0 amide bonds. The highest BCUT2D eigenvalue weighted by atomic mass is 15.2. The fourth-order valence-electron chi connectivity index (χ4n) is 3.02. The van der Waals surface area contributed by atoms with Gasteiger partial charge in [-0.2, -0.15) is 0 Å². The predicted molar refractivity (Wildman–Crippen MR) is 68.8 cm³/mol. The van der Waals surface area contributed by atoms with E-state index in [2.05, 4.69) is 22.0 Å². The Bertz CT molecular complexity index is 190. The summed E-state index contributed by atoms with van der Waals surface area (Å²) in [5.41, 5.74) is 0. The largest absolute Gasteiger partial charge is 0.313 e. The van der Waals surface area contributed by atoms with Gasteiger partial charge in [0.2, 0.25) is 0 Å². The molecule has 2 aliphatic heterocycles. The first-order chi connectivity index (χ1) is 7.88. The van der Waals surface area contributed by atoms with E-state index >= 15 is 0 Å². The minimum absolute atomic E-state index is 0.761. The summed E-state index contributed by atoms with van der Waals surface area (Å²) < 4.78 is 0. The molecular formula is C13H27N3. The van der Waals surface area contributed by atoms with Crippen LogP contribution in [0.1, 0.15) is 32.6 Å². The lowest BCUT2D eigenvalue weighted by atomic mass is 10.3. The first-order valence-corrected chi connectivity index (χ1v) is 7.06. The van der Waals surface area contributed by atoms with E-state index in [4.69, 9.17) is 0 Å². The Hall–Kier alpha value is -0.120. The molecule has 0 spiro atoms. The molecule has 3 nitrogen and oxygen atoms in total. The molecule has 0 aromatic heterocycles. The van der Waals surface area contributed by atoms with Gasteiger partial charge in [0.25, 0.3) is 0 Å². The second-order valence-electron chi connectivity index (χ2n) is 5.25. The van der Waals surface area contributed by atoms with Crippen molar-refractivity contribution in [1.29, 1.82) is 0 Å². The third kappa shape index (κ3) is 3.72. The Morgan fingerprint density at radius 1 is 1.06 bits per heavy atom. The summed E-state index contributed by atoms with van der Waals surface area (Å²) in [5.74, 6) is 0. The molecule has 94 valence electrons. The maximum Gasteiger partial charge on any atom is 0.0207 e. The Morgan fingerprint density at radius 2 is 1.81 bits per heavy atom. The molecule has 2 rings (SSSR count). The zero-order valence-corrected chi connectivity index (χ0v) is 10.7. The van der Waals surface area contributed by atoms with Gasteiger partial charge in [0.1, 0.15) is 0 Å². The molecule has 2 saturated heterocycles. The van der Waals surface area contributed by atoms with Crippen LogP contribution in [0.3, 0.4) is 0 Å². The summed E-state index contributed by atoms with van der Waals surface area (Å²) in [5, 5.41) is 3.55. The summed E-state index contributed by atoms with van der Waals surface area (Å²) in [7, 11) is 0. The van der Waals surface area contributed by atoms with Gasteiger partial charge in [-0.05, 0) is 65.0 Å². The van der Waals surface area contributed by atoms with E-state index in [0.29, 0.717) is 0 Å². The number of nitrogens with one attached hydrogen (secondary N) is 1. The van der Waals surface area contributed by atoms with E-state index in [1.165, 1.54) is 65.0 Å². The SMILES string of the molecule is CCNC1CCN(CCCN2CCCC2)C1. The van der Waals surface area contributed by atoms with Gasteiger partial charge in [0.15, 0.2) is 0 Å². The highest BCUT2D eigenvalue weighted by Crippen LogP contribution is 2.11. The molecule has 0 aromatic carbocycles. The fraction of sp³-hybridized carbons (Fsp3) is 1.00. The van der Waals surface area contributed by atoms with Crippen molar-refractivity contribution in [3.8, 4) is 0 Å². The number of nitrogens with zero attached hydrogens (tertiary/aromatic N) is 2. The maximum absolute atomic E-state index is 3.55. The highest BCUT2D eigenvalue weighted by molar-refractivity contribution is 4.80. The number of rotatable bonds is 6. The molecule has 1 atom stereocenters. The Labute approximate surface area is 100 Å². The van der Waals surface area contributed by atoms with Crippen LogP contribution in [-0.2, 0) is 0 Å². The smallest absolute Gasteiger partial charge is 0.0207 e. The number of hydrogen-bond donors (Lipinski definition) is 1. The molecule has 1 N–H and O–H groups in total. The van der Waals surface area contributed by atoms with Gasteiger partial charge in [-0.1, -0.05) is 6.92 Å². The molecule has 3 heteroatoms. The van der Waals surface area contributed by atoms with Gasteiger partial charge >= 0.3 is 0 Å². The second kappa shape index (κ2) is 6.58. The average molecular weight is 225 g/mol. The van der Waals surface area contributed by atoms with Crippen LogP contribution in [0.25, 0.3) is 0 Å². The van der Waals surface area contributed by atoms with Gasteiger partial charge in [-0.3, -0.25) is 0 Å². The Morgan fingerprint density at radius 3 is 2.56 bits per heavy atom.